The van der Waals surface area contributed by atoms with Gasteiger partial charge in [-0.2, -0.15) is 0 Å². The smallest absolute Gasteiger partial charge is 0.504 e. The molecule has 35 heavy (non-hydrogen) atoms. The van der Waals surface area contributed by atoms with Crippen molar-refractivity contribution in [1.82, 2.24) is 9.55 Å². The van der Waals surface area contributed by atoms with E-state index in [2.05, 4.69) is 9.72 Å². The first-order chi connectivity index (χ1) is 16.6. The highest BCUT2D eigenvalue weighted by Gasteiger charge is 2.31. The predicted molar refractivity (Wildman–Crippen MR) is 123 cm³/mol. The Morgan fingerprint density at radius 2 is 1.71 bits per heavy atom. The summed E-state index contributed by atoms with van der Waals surface area (Å²) < 4.78 is 57.5. The highest BCUT2D eigenvalue weighted by atomic mass is 19.4. The van der Waals surface area contributed by atoms with Gasteiger partial charge in [0.1, 0.15) is 11.6 Å². The van der Waals surface area contributed by atoms with Gasteiger partial charge in [-0.05, 0) is 48.7 Å². The fraction of sp³-hybridized carbons (Fsp3) is 0.154. The zero-order valence-corrected chi connectivity index (χ0v) is 18.5. The second-order valence-corrected chi connectivity index (χ2v) is 7.80. The average Bonchev–Trinajstić information content (AvgIpc) is 2.80. The third-order valence-electron chi connectivity index (χ3n) is 5.40. The molecule has 0 saturated carbocycles. The van der Waals surface area contributed by atoms with Gasteiger partial charge in [0.2, 0.25) is 0 Å². The summed E-state index contributed by atoms with van der Waals surface area (Å²) in [6.45, 7) is 1.66. The van der Waals surface area contributed by atoms with E-state index in [0.29, 0.717) is 6.42 Å². The molecule has 9 heteroatoms. The Kier molecular flexibility index (Phi) is 6.59. The number of hydrogen-bond donors (Lipinski definition) is 1. The number of phenolic OH excluding ortho intramolecular Hbond substituents is 1. The molecule has 0 spiro atoms. The Morgan fingerprint density at radius 1 is 1.00 bits per heavy atom. The SMILES string of the molecule is Cc1nc(-c2cccc(F)c2O)n(CCc2ccccc2)c(=O)c1-c1cccc(OC(F)(F)F)c1. The molecule has 5 nitrogen and oxygen atoms in total. The van der Waals surface area contributed by atoms with Gasteiger partial charge >= 0.3 is 6.36 Å². The van der Waals surface area contributed by atoms with E-state index in [9.17, 15) is 27.5 Å². The maximum atomic E-state index is 14.1. The fourth-order valence-electron chi connectivity index (χ4n) is 3.84. The van der Waals surface area contributed by atoms with Crippen LogP contribution in [0.5, 0.6) is 11.5 Å². The van der Waals surface area contributed by atoms with Crippen LogP contribution in [0, 0.1) is 12.7 Å². The van der Waals surface area contributed by atoms with Crippen molar-refractivity contribution >= 4 is 0 Å². The first-order valence-corrected chi connectivity index (χ1v) is 10.6. The first-order valence-electron chi connectivity index (χ1n) is 10.6. The van der Waals surface area contributed by atoms with Crippen LogP contribution in [0.3, 0.4) is 0 Å². The summed E-state index contributed by atoms with van der Waals surface area (Å²) in [6.07, 6.45) is -4.47. The Labute approximate surface area is 197 Å². The molecule has 0 atom stereocenters. The van der Waals surface area contributed by atoms with Crippen molar-refractivity contribution in [3.05, 3.63) is 100 Å². The van der Waals surface area contributed by atoms with Crippen LogP contribution in [0.4, 0.5) is 17.6 Å². The molecule has 0 aliphatic heterocycles. The van der Waals surface area contributed by atoms with E-state index >= 15 is 0 Å². The topological polar surface area (TPSA) is 64.4 Å². The average molecular weight is 484 g/mol. The summed E-state index contributed by atoms with van der Waals surface area (Å²) in [5.74, 6) is -1.95. The van der Waals surface area contributed by atoms with E-state index in [-0.39, 0.29) is 34.8 Å². The molecule has 4 aromatic rings. The quantitative estimate of drug-likeness (QED) is 0.348. The highest BCUT2D eigenvalue weighted by Crippen LogP contribution is 2.32. The van der Waals surface area contributed by atoms with Gasteiger partial charge in [-0.15, -0.1) is 13.2 Å². The third kappa shape index (κ3) is 5.34. The Bertz CT molecular complexity index is 1420. The van der Waals surface area contributed by atoms with Gasteiger partial charge in [-0.25, -0.2) is 9.37 Å². The number of alkyl halides is 3. The highest BCUT2D eigenvalue weighted by molar-refractivity contribution is 5.70. The number of para-hydroxylation sites is 1. The van der Waals surface area contributed by atoms with Crippen LogP contribution in [-0.4, -0.2) is 21.0 Å². The van der Waals surface area contributed by atoms with Crippen LogP contribution < -0.4 is 10.3 Å². The number of aryl methyl sites for hydroxylation is 2. The van der Waals surface area contributed by atoms with Crippen LogP contribution >= 0.6 is 0 Å². The normalized spacial score (nSPS) is 11.5. The molecule has 0 bridgehead atoms. The molecule has 0 aliphatic rings. The van der Waals surface area contributed by atoms with Gasteiger partial charge in [-0.1, -0.05) is 48.5 Å². The number of aromatic hydroxyl groups is 1. The zero-order valence-electron chi connectivity index (χ0n) is 18.5. The first kappa shape index (κ1) is 24.0. The van der Waals surface area contributed by atoms with E-state index in [1.807, 2.05) is 30.3 Å². The molecule has 0 aliphatic carbocycles. The van der Waals surface area contributed by atoms with Crippen molar-refractivity contribution in [2.45, 2.75) is 26.3 Å². The second kappa shape index (κ2) is 9.61. The predicted octanol–water partition coefficient (Wildman–Crippen LogP) is 5.87. The molecule has 1 heterocycles. The summed E-state index contributed by atoms with van der Waals surface area (Å²) in [5.41, 5.74) is 0.871. The van der Waals surface area contributed by atoms with Crippen molar-refractivity contribution in [2.24, 2.45) is 0 Å². The number of benzene rings is 3. The molecule has 0 amide bonds. The molecule has 0 saturated heterocycles. The lowest BCUT2D eigenvalue weighted by molar-refractivity contribution is -0.274. The van der Waals surface area contributed by atoms with Gasteiger partial charge in [0, 0.05) is 6.54 Å². The Balaban J connectivity index is 1.88. The lowest BCUT2D eigenvalue weighted by Gasteiger charge is -2.17. The van der Waals surface area contributed by atoms with Gasteiger partial charge < -0.3 is 9.84 Å². The minimum absolute atomic E-state index is 0.0268. The van der Waals surface area contributed by atoms with Crippen LogP contribution in [0.15, 0.2) is 77.6 Å². The molecule has 1 aromatic heterocycles. The van der Waals surface area contributed by atoms with Crippen molar-refractivity contribution in [3.63, 3.8) is 0 Å². The molecule has 0 radical (unpaired) electrons. The minimum atomic E-state index is -4.89. The van der Waals surface area contributed by atoms with Crippen molar-refractivity contribution in [1.29, 1.82) is 0 Å². The Morgan fingerprint density at radius 3 is 2.43 bits per heavy atom. The lowest BCUT2D eigenvalue weighted by Crippen LogP contribution is -2.27. The third-order valence-corrected chi connectivity index (χ3v) is 5.40. The molecule has 0 fully saturated rings. The number of nitrogens with zero attached hydrogens (tertiary/aromatic N) is 2. The standard InChI is InChI=1S/C26H20F4N2O3/c1-16-22(18-9-5-10-19(15-18)35-26(28,29)30)25(34)32(14-13-17-7-3-2-4-8-17)24(31-16)20-11-6-12-21(27)23(20)33/h2-12,15,33H,13-14H2,1H3. The molecular weight excluding hydrogens is 464 g/mol. The maximum absolute atomic E-state index is 14.1. The van der Waals surface area contributed by atoms with E-state index in [0.717, 1.165) is 23.8 Å². The van der Waals surface area contributed by atoms with Crippen LogP contribution in [0.25, 0.3) is 22.5 Å². The van der Waals surface area contributed by atoms with Gasteiger partial charge in [0.25, 0.3) is 5.56 Å². The lowest BCUT2D eigenvalue weighted by atomic mass is 10.0. The molecule has 4 rings (SSSR count). The number of hydrogen-bond acceptors (Lipinski definition) is 4. The van der Waals surface area contributed by atoms with Crippen LogP contribution in [0.1, 0.15) is 11.3 Å². The summed E-state index contributed by atoms with van der Waals surface area (Å²) in [5, 5.41) is 10.3. The zero-order chi connectivity index (χ0) is 25.2. The summed E-state index contributed by atoms with van der Waals surface area (Å²) in [6, 6.07) is 18.3. The van der Waals surface area contributed by atoms with Crippen LogP contribution in [-0.2, 0) is 13.0 Å². The Hall–Kier alpha value is -4.14. The summed E-state index contributed by atoms with van der Waals surface area (Å²) >= 11 is 0. The maximum Gasteiger partial charge on any atom is 0.573 e. The molecule has 180 valence electrons. The number of halogens is 4. The van der Waals surface area contributed by atoms with E-state index in [1.54, 1.807) is 0 Å². The molecule has 1 N–H and O–H groups in total. The molecule has 0 unspecified atom stereocenters. The monoisotopic (exact) mass is 484 g/mol. The number of rotatable bonds is 6. The number of phenols is 1. The van der Waals surface area contributed by atoms with Gasteiger partial charge in [-0.3, -0.25) is 9.36 Å². The molecular formula is C26H20F4N2O3. The minimum Gasteiger partial charge on any atom is -0.504 e. The summed E-state index contributed by atoms with van der Waals surface area (Å²) in [4.78, 5) is 18.2. The van der Waals surface area contributed by atoms with Crippen molar-refractivity contribution in [2.75, 3.05) is 0 Å². The van der Waals surface area contributed by atoms with E-state index < -0.39 is 29.2 Å². The summed E-state index contributed by atoms with van der Waals surface area (Å²) in [7, 11) is 0. The second-order valence-electron chi connectivity index (χ2n) is 7.80. The van der Waals surface area contributed by atoms with Crippen LogP contribution in [0.2, 0.25) is 0 Å². The van der Waals surface area contributed by atoms with E-state index in [1.165, 1.54) is 35.8 Å². The van der Waals surface area contributed by atoms with Crippen molar-refractivity contribution < 1.29 is 27.4 Å². The van der Waals surface area contributed by atoms with Gasteiger partial charge in [0.15, 0.2) is 11.6 Å². The number of aromatic nitrogens is 2. The largest absolute Gasteiger partial charge is 0.573 e. The number of ether oxygens (including phenoxy) is 1. The van der Waals surface area contributed by atoms with E-state index in [4.69, 9.17) is 0 Å². The fourth-order valence-corrected chi connectivity index (χ4v) is 3.84. The molecule has 3 aromatic carbocycles. The van der Waals surface area contributed by atoms with Crippen molar-refractivity contribution in [3.8, 4) is 34.0 Å². The van der Waals surface area contributed by atoms with Gasteiger partial charge in [0.05, 0.1) is 16.8 Å².